The van der Waals surface area contributed by atoms with E-state index in [9.17, 15) is 4.79 Å². The van der Waals surface area contributed by atoms with Gasteiger partial charge in [-0.3, -0.25) is 9.69 Å². The summed E-state index contributed by atoms with van der Waals surface area (Å²) in [6, 6.07) is 7.72. The van der Waals surface area contributed by atoms with Crippen molar-refractivity contribution in [2.75, 3.05) is 26.2 Å². The van der Waals surface area contributed by atoms with Crippen LogP contribution in [0.25, 0.3) is 0 Å². The molecule has 19 heavy (non-hydrogen) atoms. The van der Waals surface area contributed by atoms with Gasteiger partial charge < -0.3 is 9.84 Å². The lowest BCUT2D eigenvalue weighted by Gasteiger charge is -2.16. The van der Waals surface area contributed by atoms with Crippen LogP contribution < -0.4 is 4.74 Å². The Labute approximate surface area is 121 Å². The molecule has 0 aliphatic carbocycles. The predicted molar refractivity (Wildman–Crippen MR) is 76.4 cm³/mol. The van der Waals surface area contributed by atoms with Crippen molar-refractivity contribution >= 4 is 21.9 Å². The minimum atomic E-state index is -0.693. The first-order valence-corrected chi connectivity index (χ1v) is 7.19. The van der Waals surface area contributed by atoms with Gasteiger partial charge in [0.1, 0.15) is 12.4 Å². The standard InChI is InChI=1S/C14H18BrNO3/c1-10-8-16(9-11(10)14(17)18)6-7-19-13-5-3-2-4-12(13)15/h2-5,10-11H,6-9H2,1H3,(H,17,18)/t10-,11-/m1/s1. The van der Waals surface area contributed by atoms with Gasteiger partial charge in [-0.05, 0) is 34.0 Å². The largest absolute Gasteiger partial charge is 0.491 e. The second kappa shape index (κ2) is 6.39. The maximum atomic E-state index is 11.0. The van der Waals surface area contributed by atoms with Gasteiger partial charge in [0, 0.05) is 19.6 Å². The van der Waals surface area contributed by atoms with E-state index in [1.165, 1.54) is 0 Å². The highest BCUT2D eigenvalue weighted by Gasteiger charge is 2.34. The molecule has 1 N–H and O–H groups in total. The maximum Gasteiger partial charge on any atom is 0.308 e. The third kappa shape index (κ3) is 3.70. The quantitative estimate of drug-likeness (QED) is 0.902. The average Bonchev–Trinajstić information content (AvgIpc) is 2.73. The Kier molecular flexibility index (Phi) is 4.82. The summed E-state index contributed by atoms with van der Waals surface area (Å²) < 4.78 is 6.63. The molecule has 2 rings (SSSR count). The summed E-state index contributed by atoms with van der Waals surface area (Å²) in [5.41, 5.74) is 0. The Balaban J connectivity index is 1.78. The molecule has 1 aliphatic heterocycles. The van der Waals surface area contributed by atoms with Gasteiger partial charge in [0.25, 0.3) is 0 Å². The first kappa shape index (κ1) is 14.3. The van der Waals surface area contributed by atoms with Gasteiger partial charge in [0.2, 0.25) is 0 Å². The van der Waals surface area contributed by atoms with Crippen molar-refractivity contribution in [1.29, 1.82) is 0 Å². The van der Waals surface area contributed by atoms with Crippen molar-refractivity contribution < 1.29 is 14.6 Å². The van der Waals surface area contributed by atoms with Gasteiger partial charge in [-0.25, -0.2) is 0 Å². The van der Waals surface area contributed by atoms with E-state index in [4.69, 9.17) is 9.84 Å². The van der Waals surface area contributed by atoms with Crippen LogP contribution in [-0.4, -0.2) is 42.2 Å². The number of ether oxygens (including phenoxy) is 1. The number of hydrogen-bond acceptors (Lipinski definition) is 3. The van der Waals surface area contributed by atoms with Crippen molar-refractivity contribution in [2.24, 2.45) is 11.8 Å². The number of para-hydroxylation sites is 1. The number of benzene rings is 1. The molecule has 0 bridgehead atoms. The van der Waals surface area contributed by atoms with Crippen LogP contribution in [0.15, 0.2) is 28.7 Å². The summed E-state index contributed by atoms with van der Waals surface area (Å²) in [6.45, 7) is 4.77. The Bertz CT molecular complexity index is 452. The summed E-state index contributed by atoms with van der Waals surface area (Å²) in [4.78, 5) is 13.2. The van der Waals surface area contributed by atoms with E-state index in [-0.39, 0.29) is 11.8 Å². The highest BCUT2D eigenvalue weighted by atomic mass is 79.9. The third-order valence-corrected chi connectivity index (χ3v) is 4.16. The molecule has 1 aromatic rings. The number of hydrogen-bond donors (Lipinski definition) is 1. The first-order chi connectivity index (χ1) is 9.08. The highest BCUT2D eigenvalue weighted by molar-refractivity contribution is 9.10. The summed E-state index contributed by atoms with van der Waals surface area (Å²) in [6.07, 6.45) is 0. The second-order valence-corrected chi connectivity index (χ2v) is 5.81. The van der Waals surface area contributed by atoms with Gasteiger partial charge in [0.15, 0.2) is 0 Å². The molecular formula is C14H18BrNO3. The molecule has 0 unspecified atom stereocenters. The zero-order chi connectivity index (χ0) is 13.8. The molecular weight excluding hydrogens is 310 g/mol. The molecule has 1 saturated heterocycles. The molecule has 1 aliphatic rings. The van der Waals surface area contributed by atoms with Gasteiger partial charge in [-0.1, -0.05) is 19.1 Å². The number of carbonyl (C=O) groups is 1. The fourth-order valence-corrected chi connectivity index (χ4v) is 2.82. The molecule has 0 aromatic heterocycles. The number of aliphatic carboxylic acids is 1. The van der Waals surface area contributed by atoms with Gasteiger partial charge in [-0.2, -0.15) is 0 Å². The van der Waals surface area contributed by atoms with Crippen LogP contribution in [-0.2, 0) is 4.79 Å². The monoisotopic (exact) mass is 327 g/mol. The lowest BCUT2D eigenvalue weighted by molar-refractivity contribution is -0.142. The summed E-state index contributed by atoms with van der Waals surface area (Å²) in [5, 5.41) is 9.08. The topological polar surface area (TPSA) is 49.8 Å². The fraction of sp³-hybridized carbons (Fsp3) is 0.500. The number of carboxylic acids is 1. The van der Waals surface area contributed by atoms with Crippen molar-refractivity contribution in [2.45, 2.75) is 6.92 Å². The van der Waals surface area contributed by atoms with Gasteiger partial charge in [0.05, 0.1) is 10.4 Å². The van der Waals surface area contributed by atoms with E-state index in [1.807, 2.05) is 31.2 Å². The molecule has 0 spiro atoms. The van der Waals surface area contributed by atoms with E-state index >= 15 is 0 Å². The van der Waals surface area contributed by atoms with E-state index in [0.29, 0.717) is 13.2 Å². The van der Waals surface area contributed by atoms with Crippen molar-refractivity contribution in [1.82, 2.24) is 4.90 Å². The zero-order valence-electron chi connectivity index (χ0n) is 10.9. The molecule has 104 valence electrons. The molecule has 1 aromatic carbocycles. The molecule has 2 atom stereocenters. The first-order valence-electron chi connectivity index (χ1n) is 6.40. The van der Waals surface area contributed by atoms with Crippen LogP contribution in [0.2, 0.25) is 0 Å². The van der Waals surface area contributed by atoms with Crippen LogP contribution in [0.5, 0.6) is 5.75 Å². The van der Waals surface area contributed by atoms with Crippen LogP contribution in [0, 0.1) is 11.8 Å². The fourth-order valence-electron chi connectivity index (χ4n) is 2.42. The minimum absolute atomic E-state index is 0.209. The normalized spacial score (nSPS) is 23.5. The molecule has 0 radical (unpaired) electrons. The lowest BCUT2D eigenvalue weighted by atomic mass is 9.99. The van der Waals surface area contributed by atoms with Crippen LogP contribution in [0.3, 0.4) is 0 Å². The maximum absolute atomic E-state index is 11.0. The van der Waals surface area contributed by atoms with Crippen LogP contribution in [0.4, 0.5) is 0 Å². The smallest absolute Gasteiger partial charge is 0.308 e. The van der Waals surface area contributed by atoms with E-state index in [0.717, 1.165) is 23.3 Å². The Morgan fingerprint density at radius 3 is 2.84 bits per heavy atom. The van der Waals surface area contributed by atoms with E-state index in [2.05, 4.69) is 20.8 Å². The van der Waals surface area contributed by atoms with Crippen molar-refractivity contribution in [3.05, 3.63) is 28.7 Å². The average molecular weight is 328 g/mol. The summed E-state index contributed by atoms with van der Waals surface area (Å²) >= 11 is 3.43. The van der Waals surface area contributed by atoms with Crippen LogP contribution >= 0.6 is 15.9 Å². The number of likely N-dealkylation sites (tertiary alicyclic amines) is 1. The molecule has 1 fully saturated rings. The van der Waals surface area contributed by atoms with E-state index in [1.54, 1.807) is 0 Å². The van der Waals surface area contributed by atoms with Crippen LogP contribution in [0.1, 0.15) is 6.92 Å². The predicted octanol–water partition coefficient (Wildman–Crippen LogP) is 2.48. The minimum Gasteiger partial charge on any atom is -0.491 e. The Hall–Kier alpha value is -1.07. The van der Waals surface area contributed by atoms with Gasteiger partial charge >= 0.3 is 5.97 Å². The molecule has 0 saturated carbocycles. The molecule has 0 amide bonds. The molecule has 4 nitrogen and oxygen atoms in total. The lowest BCUT2D eigenvalue weighted by Crippen LogP contribution is -2.27. The number of rotatable bonds is 5. The summed E-state index contributed by atoms with van der Waals surface area (Å²) in [7, 11) is 0. The highest BCUT2D eigenvalue weighted by Crippen LogP contribution is 2.25. The number of nitrogens with zero attached hydrogens (tertiary/aromatic N) is 1. The van der Waals surface area contributed by atoms with Crippen molar-refractivity contribution in [3.63, 3.8) is 0 Å². The van der Waals surface area contributed by atoms with Crippen molar-refractivity contribution in [3.8, 4) is 5.75 Å². The Morgan fingerprint density at radius 2 is 2.21 bits per heavy atom. The third-order valence-electron chi connectivity index (χ3n) is 3.51. The summed E-state index contributed by atoms with van der Waals surface area (Å²) in [5.74, 6) is 0.0932. The number of halogens is 1. The van der Waals surface area contributed by atoms with Gasteiger partial charge in [-0.15, -0.1) is 0 Å². The molecule has 5 heteroatoms. The zero-order valence-corrected chi connectivity index (χ0v) is 12.5. The molecule has 1 heterocycles. The number of carboxylic acid groups (broad SMARTS) is 1. The van der Waals surface area contributed by atoms with E-state index < -0.39 is 5.97 Å². The SMILES string of the molecule is C[C@@H]1CN(CCOc2ccccc2Br)C[C@H]1C(=O)O. The second-order valence-electron chi connectivity index (χ2n) is 4.96. The Morgan fingerprint density at radius 1 is 1.47 bits per heavy atom.